The van der Waals surface area contributed by atoms with Crippen molar-refractivity contribution in [1.29, 1.82) is 0 Å². The van der Waals surface area contributed by atoms with Gasteiger partial charge >= 0.3 is 11.9 Å². The summed E-state index contributed by atoms with van der Waals surface area (Å²) in [7, 11) is 0. The monoisotopic (exact) mass is 448 g/mol. The van der Waals surface area contributed by atoms with Gasteiger partial charge in [-0.2, -0.15) is 0 Å². The molecule has 0 saturated heterocycles. The van der Waals surface area contributed by atoms with E-state index in [-0.39, 0.29) is 25.0 Å². The number of hydrogen-bond acceptors (Lipinski definition) is 6. The summed E-state index contributed by atoms with van der Waals surface area (Å²) in [5.74, 6) is 10.2. The zero-order valence-corrected chi connectivity index (χ0v) is 19.7. The Balaban J connectivity index is 3.79. The second-order valence-electron chi connectivity index (χ2n) is 7.10. The van der Waals surface area contributed by atoms with Gasteiger partial charge in [-0.05, 0) is 65.2 Å². The van der Waals surface area contributed by atoms with Gasteiger partial charge < -0.3 is 20.1 Å². The van der Waals surface area contributed by atoms with Crippen LogP contribution in [0.4, 0.5) is 0 Å². The molecule has 2 atom stereocenters. The number of ether oxygens (including phenoxy) is 2. The quantitative estimate of drug-likeness (QED) is 0.240. The van der Waals surface area contributed by atoms with Crippen molar-refractivity contribution in [2.75, 3.05) is 13.2 Å². The predicted octanol–water partition coefficient (Wildman–Crippen LogP) is 2.25. The molecule has 8 heteroatoms. The highest BCUT2D eigenvalue weighted by molar-refractivity contribution is 5.84. The highest BCUT2D eigenvalue weighted by atomic mass is 16.5. The zero-order valence-electron chi connectivity index (χ0n) is 19.7. The van der Waals surface area contributed by atoms with E-state index in [4.69, 9.17) is 9.47 Å². The van der Waals surface area contributed by atoms with Crippen LogP contribution < -0.4 is 10.6 Å². The summed E-state index contributed by atoms with van der Waals surface area (Å²) in [6.45, 7) is 7.21. The van der Waals surface area contributed by atoms with Crippen molar-refractivity contribution in [2.24, 2.45) is 0 Å². The normalized spacial score (nSPS) is 11.5. The fourth-order valence-corrected chi connectivity index (χ4v) is 2.49. The van der Waals surface area contributed by atoms with Gasteiger partial charge in [-0.15, -0.1) is 0 Å². The second kappa shape index (κ2) is 18.7. The Labute approximate surface area is 191 Å². The molecule has 0 aliphatic carbocycles. The molecule has 0 bridgehead atoms. The molecular formula is C24H36N2O6. The van der Waals surface area contributed by atoms with Gasteiger partial charge in [0.05, 0.1) is 13.2 Å². The van der Waals surface area contributed by atoms with E-state index in [1.54, 1.807) is 27.7 Å². The lowest BCUT2D eigenvalue weighted by atomic mass is 10.1. The molecule has 0 aromatic carbocycles. The first kappa shape index (κ1) is 29.0. The Kier molecular flexibility index (Phi) is 17.0. The van der Waals surface area contributed by atoms with Crippen LogP contribution >= 0.6 is 0 Å². The molecule has 32 heavy (non-hydrogen) atoms. The largest absolute Gasteiger partial charge is 0.464 e. The smallest absolute Gasteiger partial charge is 0.328 e. The maximum Gasteiger partial charge on any atom is 0.328 e. The van der Waals surface area contributed by atoms with Crippen molar-refractivity contribution in [2.45, 2.75) is 91.1 Å². The van der Waals surface area contributed by atoms with Crippen LogP contribution in [-0.2, 0) is 28.7 Å². The van der Waals surface area contributed by atoms with Crippen LogP contribution in [0.3, 0.4) is 0 Å². The predicted molar refractivity (Wildman–Crippen MR) is 121 cm³/mol. The van der Waals surface area contributed by atoms with Crippen molar-refractivity contribution in [3.05, 3.63) is 0 Å². The van der Waals surface area contributed by atoms with Gasteiger partial charge in [0.15, 0.2) is 0 Å². The number of unbranched alkanes of at least 4 members (excludes halogenated alkanes) is 4. The van der Waals surface area contributed by atoms with Crippen LogP contribution in [0.2, 0.25) is 0 Å². The number of carbonyl (C=O) groups excluding carboxylic acids is 4. The number of nitrogens with one attached hydrogen (secondary N) is 2. The van der Waals surface area contributed by atoms with Crippen LogP contribution in [0.5, 0.6) is 0 Å². The fourth-order valence-electron chi connectivity index (χ4n) is 2.49. The van der Waals surface area contributed by atoms with E-state index < -0.39 is 24.0 Å². The minimum Gasteiger partial charge on any atom is -0.464 e. The maximum atomic E-state index is 11.8. The Morgan fingerprint density at radius 1 is 0.688 bits per heavy atom. The first-order valence-corrected chi connectivity index (χ1v) is 11.2. The van der Waals surface area contributed by atoms with Crippen molar-refractivity contribution in [1.82, 2.24) is 10.6 Å². The summed E-state index contributed by atoms with van der Waals surface area (Å²) >= 11 is 0. The zero-order chi connectivity index (χ0) is 24.2. The molecule has 2 amide bonds. The molecule has 0 radical (unpaired) electrons. The van der Waals surface area contributed by atoms with E-state index >= 15 is 0 Å². The van der Waals surface area contributed by atoms with E-state index in [0.29, 0.717) is 38.5 Å². The molecule has 0 heterocycles. The van der Waals surface area contributed by atoms with Crippen LogP contribution in [0.15, 0.2) is 0 Å². The summed E-state index contributed by atoms with van der Waals surface area (Å²) in [6, 6.07) is -1.28. The summed E-state index contributed by atoms with van der Waals surface area (Å²) in [6.07, 6.45) is 4.88. The third-order valence-electron chi connectivity index (χ3n) is 4.19. The van der Waals surface area contributed by atoms with E-state index in [9.17, 15) is 19.2 Å². The molecule has 0 aromatic rings. The van der Waals surface area contributed by atoms with Crippen LogP contribution in [0.25, 0.3) is 0 Å². The molecule has 0 saturated carbocycles. The number of amides is 2. The number of rotatable bonds is 14. The average molecular weight is 449 g/mol. The van der Waals surface area contributed by atoms with Crippen molar-refractivity contribution >= 4 is 23.8 Å². The van der Waals surface area contributed by atoms with E-state index in [1.165, 1.54) is 0 Å². The highest BCUT2D eigenvalue weighted by Gasteiger charge is 2.16. The SMILES string of the molecule is CCOC(=O)C(C)NC(=O)CCCCC#CC#CCCCCC(=O)NC(C)C(=O)OCC. The molecule has 0 fully saturated rings. The summed E-state index contributed by atoms with van der Waals surface area (Å²) < 4.78 is 9.67. The summed E-state index contributed by atoms with van der Waals surface area (Å²) in [5, 5.41) is 5.22. The fraction of sp³-hybridized carbons (Fsp3) is 0.667. The minimum atomic E-state index is -0.639. The molecule has 178 valence electrons. The van der Waals surface area contributed by atoms with Crippen LogP contribution in [0, 0.1) is 23.7 Å². The lowest BCUT2D eigenvalue weighted by Gasteiger charge is -2.12. The minimum absolute atomic E-state index is 0.178. The molecule has 0 rings (SSSR count). The van der Waals surface area contributed by atoms with Gasteiger partial charge in [0.1, 0.15) is 12.1 Å². The van der Waals surface area contributed by atoms with Gasteiger partial charge in [-0.3, -0.25) is 9.59 Å². The molecule has 0 aliphatic rings. The van der Waals surface area contributed by atoms with Crippen LogP contribution in [-0.4, -0.2) is 49.1 Å². The van der Waals surface area contributed by atoms with Crippen LogP contribution in [0.1, 0.15) is 79.1 Å². The molecule has 2 unspecified atom stereocenters. The molecule has 0 spiro atoms. The maximum absolute atomic E-state index is 11.8. The standard InChI is InChI=1S/C24H36N2O6/c1-5-31-23(29)19(3)25-21(27)17-15-13-11-9-7-8-10-12-14-16-18-22(28)26-20(4)24(30)32-6-2/h19-20H,5-6,11-18H2,1-4H3,(H,25,27)(H,26,28). The van der Waals surface area contributed by atoms with E-state index in [2.05, 4.69) is 34.3 Å². The van der Waals surface area contributed by atoms with Crippen molar-refractivity contribution < 1.29 is 28.7 Å². The average Bonchev–Trinajstić information content (AvgIpc) is 2.74. The second-order valence-corrected chi connectivity index (χ2v) is 7.10. The molecular weight excluding hydrogens is 412 g/mol. The Hall–Kier alpha value is -3.00. The number of carbonyl (C=O) groups is 4. The third kappa shape index (κ3) is 15.8. The molecule has 2 N–H and O–H groups in total. The number of hydrogen-bond donors (Lipinski definition) is 2. The Morgan fingerprint density at radius 2 is 1.06 bits per heavy atom. The summed E-state index contributed by atoms with van der Waals surface area (Å²) in [5.41, 5.74) is 0. The Bertz CT molecular complexity index is 664. The lowest BCUT2D eigenvalue weighted by Crippen LogP contribution is -2.39. The van der Waals surface area contributed by atoms with E-state index in [1.807, 2.05) is 0 Å². The van der Waals surface area contributed by atoms with Crippen molar-refractivity contribution in [3.63, 3.8) is 0 Å². The van der Waals surface area contributed by atoms with Gasteiger partial charge in [0.2, 0.25) is 11.8 Å². The first-order chi connectivity index (χ1) is 15.3. The van der Waals surface area contributed by atoms with Gasteiger partial charge in [0, 0.05) is 25.7 Å². The van der Waals surface area contributed by atoms with Gasteiger partial charge in [0.25, 0.3) is 0 Å². The van der Waals surface area contributed by atoms with Gasteiger partial charge in [-0.25, -0.2) is 9.59 Å². The molecule has 8 nitrogen and oxygen atoms in total. The Morgan fingerprint density at radius 3 is 1.41 bits per heavy atom. The summed E-state index contributed by atoms with van der Waals surface area (Å²) in [4.78, 5) is 46.4. The first-order valence-electron chi connectivity index (χ1n) is 11.2. The topological polar surface area (TPSA) is 111 Å². The molecule has 0 aromatic heterocycles. The lowest BCUT2D eigenvalue weighted by molar-refractivity contribution is -0.147. The molecule has 0 aliphatic heterocycles. The number of esters is 2. The van der Waals surface area contributed by atoms with E-state index in [0.717, 1.165) is 12.8 Å². The third-order valence-corrected chi connectivity index (χ3v) is 4.19. The van der Waals surface area contributed by atoms with Crippen molar-refractivity contribution in [3.8, 4) is 23.7 Å². The van der Waals surface area contributed by atoms with Gasteiger partial charge in [-0.1, -0.05) is 11.8 Å². The highest BCUT2D eigenvalue weighted by Crippen LogP contribution is 2.01.